The summed E-state index contributed by atoms with van der Waals surface area (Å²) in [6, 6.07) is 7.47. The molecule has 1 saturated heterocycles. The zero-order valence-electron chi connectivity index (χ0n) is 9.90. The van der Waals surface area contributed by atoms with Crippen LogP contribution in [0.1, 0.15) is 5.56 Å². The molecule has 96 valence electrons. The van der Waals surface area contributed by atoms with Gasteiger partial charge in [0.2, 0.25) is 0 Å². The molecular formula is C12H15ClN4S. The lowest BCUT2D eigenvalue weighted by Crippen LogP contribution is -2.49. The summed E-state index contributed by atoms with van der Waals surface area (Å²) >= 11 is 11.1. The summed E-state index contributed by atoms with van der Waals surface area (Å²) in [4.78, 5) is 2.10. The molecular weight excluding hydrogens is 268 g/mol. The zero-order chi connectivity index (χ0) is 12.8. The molecule has 1 fully saturated rings. The lowest BCUT2D eigenvalue weighted by molar-refractivity contribution is 0.353. The van der Waals surface area contributed by atoms with Crippen molar-refractivity contribution >= 4 is 35.1 Å². The van der Waals surface area contributed by atoms with E-state index in [0.717, 1.165) is 36.8 Å². The monoisotopic (exact) mass is 282 g/mol. The third kappa shape index (κ3) is 3.94. The van der Waals surface area contributed by atoms with E-state index in [-0.39, 0.29) is 0 Å². The molecule has 1 heterocycles. The number of piperazine rings is 1. The molecule has 4 nitrogen and oxygen atoms in total. The summed E-state index contributed by atoms with van der Waals surface area (Å²) in [7, 11) is 0. The molecule has 0 radical (unpaired) electrons. The van der Waals surface area contributed by atoms with E-state index >= 15 is 0 Å². The van der Waals surface area contributed by atoms with Gasteiger partial charge in [0.15, 0.2) is 5.11 Å². The van der Waals surface area contributed by atoms with Crippen molar-refractivity contribution in [1.82, 2.24) is 15.6 Å². The number of hydrogen-bond donors (Lipinski definition) is 2. The minimum atomic E-state index is 0.668. The second kappa shape index (κ2) is 6.68. The van der Waals surface area contributed by atoms with E-state index in [1.807, 2.05) is 24.3 Å². The number of hydrazone groups is 1. The van der Waals surface area contributed by atoms with Crippen molar-refractivity contribution in [1.29, 1.82) is 0 Å². The van der Waals surface area contributed by atoms with Gasteiger partial charge in [-0.05, 0) is 29.9 Å². The fourth-order valence-electron chi connectivity index (χ4n) is 1.65. The number of rotatable bonds is 2. The van der Waals surface area contributed by atoms with Gasteiger partial charge in [-0.25, -0.2) is 0 Å². The Kier molecular flexibility index (Phi) is 4.92. The van der Waals surface area contributed by atoms with Crippen LogP contribution in [-0.4, -0.2) is 42.4 Å². The van der Waals surface area contributed by atoms with Crippen LogP contribution < -0.4 is 10.7 Å². The van der Waals surface area contributed by atoms with E-state index in [4.69, 9.17) is 23.8 Å². The first-order valence-corrected chi connectivity index (χ1v) is 6.58. The first-order chi connectivity index (χ1) is 8.75. The lowest BCUT2D eigenvalue weighted by Gasteiger charge is -2.28. The number of benzene rings is 1. The van der Waals surface area contributed by atoms with Crippen LogP contribution in [0.2, 0.25) is 5.02 Å². The van der Waals surface area contributed by atoms with Crippen molar-refractivity contribution in [2.24, 2.45) is 5.10 Å². The third-order valence-corrected chi connectivity index (χ3v) is 3.25. The summed E-state index contributed by atoms with van der Waals surface area (Å²) in [5, 5.41) is 8.79. The van der Waals surface area contributed by atoms with Gasteiger partial charge in [0.1, 0.15) is 0 Å². The summed E-state index contributed by atoms with van der Waals surface area (Å²) < 4.78 is 0. The normalized spacial score (nSPS) is 15.9. The zero-order valence-corrected chi connectivity index (χ0v) is 11.5. The molecule has 1 aromatic carbocycles. The highest BCUT2D eigenvalue weighted by Crippen LogP contribution is 2.07. The molecule has 2 rings (SSSR count). The third-order valence-electron chi connectivity index (χ3n) is 2.65. The average Bonchev–Trinajstić information content (AvgIpc) is 2.42. The summed E-state index contributed by atoms with van der Waals surface area (Å²) in [5.74, 6) is 0. The van der Waals surface area contributed by atoms with Crippen molar-refractivity contribution in [3.63, 3.8) is 0 Å². The van der Waals surface area contributed by atoms with Crippen molar-refractivity contribution < 1.29 is 0 Å². The van der Waals surface area contributed by atoms with Crippen molar-refractivity contribution in [3.05, 3.63) is 34.9 Å². The quantitative estimate of drug-likeness (QED) is 0.489. The Morgan fingerprint density at radius 1 is 1.33 bits per heavy atom. The van der Waals surface area contributed by atoms with E-state index in [0.29, 0.717) is 5.11 Å². The Morgan fingerprint density at radius 3 is 2.67 bits per heavy atom. The lowest BCUT2D eigenvalue weighted by atomic mass is 10.2. The highest BCUT2D eigenvalue weighted by atomic mass is 35.5. The molecule has 0 amide bonds. The Labute approximate surface area is 117 Å². The van der Waals surface area contributed by atoms with Crippen molar-refractivity contribution in [2.45, 2.75) is 0 Å². The first-order valence-electron chi connectivity index (χ1n) is 5.80. The molecule has 0 saturated carbocycles. The van der Waals surface area contributed by atoms with Gasteiger partial charge in [0.25, 0.3) is 0 Å². The molecule has 18 heavy (non-hydrogen) atoms. The van der Waals surface area contributed by atoms with E-state index in [1.54, 1.807) is 6.21 Å². The standard InChI is InChI=1S/C12H15ClN4S/c13-11-3-1-10(2-4-11)9-15-16-12(18)17-7-5-14-6-8-17/h1-4,9,14H,5-8H2,(H,16,18)/b15-9+. The smallest absolute Gasteiger partial charge is 0.189 e. The number of hydrogen-bond acceptors (Lipinski definition) is 3. The summed E-state index contributed by atoms with van der Waals surface area (Å²) in [5.41, 5.74) is 3.86. The van der Waals surface area contributed by atoms with Crippen molar-refractivity contribution in [3.8, 4) is 0 Å². The molecule has 0 unspecified atom stereocenters. The number of thiocarbonyl (C=S) groups is 1. The van der Waals surface area contributed by atoms with E-state index < -0.39 is 0 Å². The Balaban J connectivity index is 1.83. The Morgan fingerprint density at radius 2 is 2.00 bits per heavy atom. The van der Waals surface area contributed by atoms with E-state index in [2.05, 4.69) is 20.7 Å². The predicted octanol–water partition coefficient (Wildman–Crippen LogP) is 1.45. The maximum atomic E-state index is 5.80. The SMILES string of the molecule is S=C(N/N=C/c1ccc(Cl)cc1)N1CCNCC1. The van der Waals surface area contributed by atoms with Crippen LogP contribution in [0.4, 0.5) is 0 Å². The highest BCUT2D eigenvalue weighted by Gasteiger charge is 2.11. The molecule has 1 aromatic rings. The molecule has 0 bridgehead atoms. The van der Waals surface area contributed by atoms with Crippen LogP contribution in [0.25, 0.3) is 0 Å². The number of nitrogens with one attached hydrogen (secondary N) is 2. The maximum absolute atomic E-state index is 5.80. The molecule has 1 aliphatic heterocycles. The van der Waals surface area contributed by atoms with Crippen LogP contribution in [-0.2, 0) is 0 Å². The van der Waals surface area contributed by atoms with Crippen LogP contribution >= 0.6 is 23.8 Å². The topological polar surface area (TPSA) is 39.7 Å². The van der Waals surface area contributed by atoms with Crippen LogP contribution in [0, 0.1) is 0 Å². The van der Waals surface area contributed by atoms with Gasteiger partial charge >= 0.3 is 0 Å². The van der Waals surface area contributed by atoms with Crippen LogP contribution in [0.5, 0.6) is 0 Å². The molecule has 0 aliphatic carbocycles. The van der Waals surface area contributed by atoms with E-state index in [1.165, 1.54) is 0 Å². The van der Waals surface area contributed by atoms with Crippen molar-refractivity contribution in [2.75, 3.05) is 26.2 Å². The molecule has 0 spiro atoms. The molecule has 0 aromatic heterocycles. The molecule has 2 N–H and O–H groups in total. The first kappa shape index (κ1) is 13.3. The van der Waals surface area contributed by atoms with Gasteiger partial charge in [-0.2, -0.15) is 5.10 Å². The molecule has 0 atom stereocenters. The van der Waals surface area contributed by atoms with Gasteiger partial charge in [-0.15, -0.1) is 0 Å². The molecule has 6 heteroatoms. The van der Waals surface area contributed by atoms with Crippen LogP contribution in [0.3, 0.4) is 0 Å². The van der Waals surface area contributed by atoms with Gasteiger partial charge in [0, 0.05) is 31.2 Å². The predicted molar refractivity (Wildman–Crippen MR) is 79.2 cm³/mol. The van der Waals surface area contributed by atoms with E-state index in [9.17, 15) is 0 Å². The highest BCUT2D eigenvalue weighted by molar-refractivity contribution is 7.80. The Bertz CT molecular complexity index is 426. The summed E-state index contributed by atoms with van der Waals surface area (Å²) in [6.07, 6.45) is 1.73. The maximum Gasteiger partial charge on any atom is 0.189 e. The largest absolute Gasteiger partial charge is 0.345 e. The number of nitrogens with zero attached hydrogens (tertiary/aromatic N) is 2. The van der Waals surface area contributed by atoms with Gasteiger partial charge in [-0.1, -0.05) is 23.7 Å². The van der Waals surface area contributed by atoms with Gasteiger partial charge < -0.3 is 10.2 Å². The number of halogens is 1. The summed E-state index contributed by atoms with van der Waals surface area (Å²) in [6.45, 7) is 3.76. The fourth-order valence-corrected chi connectivity index (χ4v) is 2.01. The van der Waals surface area contributed by atoms with Gasteiger partial charge in [-0.3, -0.25) is 5.43 Å². The van der Waals surface area contributed by atoms with Gasteiger partial charge in [0.05, 0.1) is 6.21 Å². The fraction of sp³-hybridized carbons (Fsp3) is 0.333. The second-order valence-corrected chi connectivity index (χ2v) is 4.79. The Hall–Kier alpha value is -1.17. The second-order valence-electron chi connectivity index (χ2n) is 3.96. The average molecular weight is 283 g/mol. The molecule has 1 aliphatic rings. The minimum absolute atomic E-state index is 0.668. The van der Waals surface area contributed by atoms with Crippen LogP contribution in [0.15, 0.2) is 29.4 Å². The minimum Gasteiger partial charge on any atom is -0.345 e.